The van der Waals surface area contributed by atoms with E-state index in [2.05, 4.69) is 6.07 Å². The minimum atomic E-state index is -3.26. The van der Waals surface area contributed by atoms with Crippen LogP contribution in [-0.4, -0.2) is 33.0 Å². The Morgan fingerprint density at radius 1 is 1.07 bits per heavy atom. The highest BCUT2D eigenvalue weighted by Crippen LogP contribution is 2.29. The molecule has 0 spiro atoms. The Morgan fingerprint density at radius 2 is 1.68 bits per heavy atom. The SMILES string of the molecule is C[C@@H](COC(C)(C)C)Oc1ccc(Oc2ccc(S(C)(=O)=O)cc2)cc1C#N. The Hall–Kier alpha value is -2.56. The van der Waals surface area contributed by atoms with Gasteiger partial charge in [-0.05, 0) is 64.1 Å². The molecule has 0 aliphatic heterocycles. The second-order valence-electron chi connectivity index (χ2n) is 7.47. The van der Waals surface area contributed by atoms with Gasteiger partial charge in [0.15, 0.2) is 9.84 Å². The predicted octanol–water partition coefficient (Wildman–Crippen LogP) is 4.34. The van der Waals surface area contributed by atoms with E-state index >= 15 is 0 Å². The summed E-state index contributed by atoms with van der Waals surface area (Å²) in [6.45, 7) is 8.18. The molecule has 2 aromatic rings. The van der Waals surface area contributed by atoms with Crippen LogP contribution in [0.4, 0.5) is 0 Å². The highest BCUT2D eigenvalue weighted by atomic mass is 32.2. The summed E-state index contributed by atoms with van der Waals surface area (Å²) in [4.78, 5) is 0.216. The van der Waals surface area contributed by atoms with Gasteiger partial charge in [-0.1, -0.05) is 0 Å². The highest BCUT2D eigenvalue weighted by molar-refractivity contribution is 7.90. The molecule has 0 N–H and O–H groups in total. The molecule has 2 aromatic carbocycles. The van der Waals surface area contributed by atoms with Crippen LogP contribution in [0.3, 0.4) is 0 Å². The fourth-order valence-electron chi connectivity index (χ4n) is 2.27. The van der Waals surface area contributed by atoms with Crippen LogP contribution in [0.15, 0.2) is 47.4 Å². The average molecular weight is 404 g/mol. The molecule has 2 rings (SSSR count). The van der Waals surface area contributed by atoms with Crippen molar-refractivity contribution < 1.29 is 22.6 Å². The molecule has 7 heteroatoms. The molecule has 0 fully saturated rings. The average Bonchev–Trinajstić information content (AvgIpc) is 2.60. The number of sulfone groups is 1. The maximum atomic E-state index is 11.5. The second kappa shape index (κ2) is 8.63. The summed E-state index contributed by atoms with van der Waals surface area (Å²) in [5, 5.41) is 9.42. The van der Waals surface area contributed by atoms with Crippen LogP contribution in [0.5, 0.6) is 17.2 Å². The quantitative estimate of drug-likeness (QED) is 0.684. The van der Waals surface area contributed by atoms with Crippen molar-refractivity contribution >= 4 is 9.84 Å². The van der Waals surface area contributed by atoms with Crippen molar-refractivity contribution in [1.29, 1.82) is 5.26 Å². The Kier molecular flexibility index (Phi) is 6.70. The molecule has 6 nitrogen and oxygen atoms in total. The standard InChI is InChI=1S/C21H25NO5S/c1-15(14-25-21(2,3)4)26-20-11-8-18(12-16(20)13-22)27-17-6-9-19(10-7-17)28(5,23)24/h6-12,15H,14H2,1-5H3/t15-/m0/s1. The molecule has 1 atom stereocenters. The van der Waals surface area contributed by atoms with Gasteiger partial charge in [0.1, 0.15) is 29.4 Å². The lowest BCUT2D eigenvalue weighted by molar-refractivity contribution is -0.0374. The van der Waals surface area contributed by atoms with Gasteiger partial charge < -0.3 is 14.2 Å². The monoisotopic (exact) mass is 403 g/mol. The van der Waals surface area contributed by atoms with Crippen molar-refractivity contribution in [1.82, 2.24) is 0 Å². The van der Waals surface area contributed by atoms with Crippen molar-refractivity contribution in [3.8, 4) is 23.3 Å². The van der Waals surface area contributed by atoms with Gasteiger partial charge in [0.05, 0.1) is 22.7 Å². The van der Waals surface area contributed by atoms with Gasteiger partial charge in [-0.25, -0.2) is 8.42 Å². The van der Waals surface area contributed by atoms with E-state index in [4.69, 9.17) is 14.2 Å². The summed E-state index contributed by atoms with van der Waals surface area (Å²) < 4.78 is 40.3. The Morgan fingerprint density at radius 3 is 2.21 bits per heavy atom. The molecule has 150 valence electrons. The van der Waals surface area contributed by atoms with E-state index in [1.165, 1.54) is 12.1 Å². The molecular formula is C21H25NO5S. The number of ether oxygens (including phenoxy) is 3. The number of benzene rings is 2. The zero-order valence-electron chi connectivity index (χ0n) is 16.7. The van der Waals surface area contributed by atoms with Gasteiger partial charge in [-0.2, -0.15) is 5.26 Å². The lowest BCUT2D eigenvalue weighted by Crippen LogP contribution is -2.27. The first-order valence-electron chi connectivity index (χ1n) is 8.81. The summed E-state index contributed by atoms with van der Waals surface area (Å²) >= 11 is 0. The Balaban J connectivity index is 2.09. The van der Waals surface area contributed by atoms with Crippen LogP contribution in [0, 0.1) is 11.3 Å². The number of rotatable bonds is 7. The van der Waals surface area contributed by atoms with Gasteiger partial charge in [0, 0.05) is 12.3 Å². The third-order valence-electron chi connectivity index (χ3n) is 3.64. The molecule has 0 bridgehead atoms. The molecule has 0 aliphatic rings. The number of nitrogens with zero attached hydrogens (tertiary/aromatic N) is 1. The summed E-state index contributed by atoms with van der Waals surface area (Å²) in [5.74, 6) is 1.37. The van der Waals surface area contributed by atoms with Crippen molar-refractivity contribution in [2.24, 2.45) is 0 Å². The van der Waals surface area contributed by atoms with E-state index in [1.54, 1.807) is 30.3 Å². The fourth-order valence-corrected chi connectivity index (χ4v) is 2.90. The van der Waals surface area contributed by atoms with Gasteiger partial charge in [0.25, 0.3) is 0 Å². The summed E-state index contributed by atoms with van der Waals surface area (Å²) in [5.41, 5.74) is 0.0768. The van der Waals surface area contributed by atoms with Crippen molar-refractivity contribution in [2.75, 3.05) is 12.9 Å². The largest absolute Gasteiger partial charge is 0.487 e. The minimum Gasteiger partial charge on any atom is -0.487 e. The molecule has 0 saturated carbocycles. The fraction of sp³-hybridized carbons (Fsp3) is 0.381. The van der Waals surface area contributed by atoms with Crippen LogP contribution >= 0.6 is 0 Å². The third kappa shape index (κ3) is 6.55. The molecule has 0 unspecified atom stereocenters. The summed E-state index contributed by atoms with van der Waals surface area (Å²) in [6, 6.07) is 13.1. The minimum absolute atomic E-state index is 0.216. The number of hydrogen-bond donors (Lipinski definition) is 0. The zero-order valence-corrected chi connectivity index (χ0v) is 17.5. The van der Waals surface area contributed by atoms with Crippen LogP contribution in [0.2, 0.25) is 0 Å². The normalized spacial score (nSPS) is 12.9. The molecule has 0 heterocycles. The zero-order chi connectivity index (χ0) is 20.9. The predicted molar refractivity (Wildman–Crippen MR) is 107 cm³/mol. The molecule has 0 aliphatic carbocycles. The molecule has 0 aromatic heterocycles. The van der Waals surface area contributed by atoms with Gasteiger partial charge in [-0.15, -0.1) is 0 Å². The molecule has 28 heavy (non-hydrogen) atoms. The Bertz CT molecular complexity index is 954. The van der Waals surface area contributed by atoms with Crippen LogP contribution in [0.25, 0.3) is 0 Å². The van der Waals surface area contributed by atoms with E-state index in [9.17, 15) is 13.7 Å². The molecule has 0 radical (unpaired) electrons. The maximum Gasteiger partial charge on any atom is 0.175 e. The second-order valence-corrected chi connectivity index (χ2v) is 9.48. The van der Waals surface area contributed by atoms with Crippen LogP contribution < -0.4 is 9.47 Å². The van der Waals surface area contributed by atoms with Gasteiger partial charge >= 0.3 is 0 Å². The van der Waals surface area contributed by atoms with Gasteiger partial charge in [-0.3, -0.25) is 0 Å². The first-order chi connectivity index (χ1) is 13.0. The van der Waals surface area contributed by atoms with Crippen molar-refractivity contribution in [3.05, 3.63) is 48.0 Å². The lowest BCUT2D eigenvalue weighted by Gasteiger charge is -2.23. The van der Waals surface area contributed by atoms with Crippen molar-refractivity contribution in [3.63, 3.8) is 0 Å². The van der Waals surface area contributed by atoms with Crippen molar-refractivity contribution in [2.45, 2.75) is 44.3 Å². The molecule has 0 amide bonds. The summed E-state index contributed by atoms with van der Waals surface area (Å²) in [7, 11) is -3.26. The lowest BCUT2D eigenvalue weighted by atomic mass is 10.2. The van der Waals surface area contributed by atoms with Crippen LogP contribution in [-0.2, 0) is 14.6 Å². The molecular weight excluding hydrogens is 378 g/mol. The van der Waals surface area contributed by atoms with E-state index in [0.717, 1.165) is 6.26 Å². The molecule has 0 saturated heterocycles. The van der Waals surface area contributed by atoms with E-state index in [-0.39, 0.29) is 16.6 Å². The topological polar surface area (TPSA) is 85.6 Å². The van der Waals surface area contributed by atoms with E-state index < -0.39 is 9.84 Å². The number of nitriles is 1. The first-order valence-corrected chi connectivity index (χ1v) is 10.7. The van der Waals surface area contributed by atoms with E-state index in [1.807, 2.05) is 27.7 Å². The van der Waals surface area contributed by atoms with Gasteiger partial charge in [0.2, 0.25) is 0 Å². The van der Waals surface area contributed by atoms with E-state index in [0.29, 0.717) is 29.4 Å². The third-order valence-corrected chi connectivity index (χ3v) is 4.77. The maximum absolute atomic E-state index is 11.5. The smallest absolute Gasteiger partial charge is 0.175 e. The number of hydrogen-bond acceptors (Lipinski definition) is 6. The summed E-state index contributed by atoms with van der Waals surface area (Å²) in [6.07, 6.45) is 0.926. The Labute approximate surface area is 166 Å². The van der Waals surface area contributed by atoms with Crippen LogP contribution in [0.1, 0.15) is 33.3 Å². The first kappa shape index (κ1) is 21.7. The highest BCUT2D eigenvalue weighted by Gasteiger charge is 2.15.